The zero-order valence-corrected chi connectivity index (χ0v) is 13.0. The van der Waals surface area contributed by atoms with E-state index in [2.05, 4.69) is 46.4 Å². The summed E-state index contributed by atoms with van der Waals surface area (Å²) < 4.78 is 1.71. The van der Waals surface area contributed by atoms with Gasteiger partial charge in [-0.15, -0.1) is 0 Å². The number of benzene rings is 1. The number of imidazole rings is 1. The van der Waals surface area contributed by atoms with Gasteiger partial charge in [-0.3, -0.25) is 4.79 Å². The fourth-order valence-electron chi connectivity index (χ4n) is 2.24. The van der Waals surface area contributed by atoms with E-state index < -0.39 is 0 Å². The Morgan fingerprint density at radius 2 is 2.00 bits per heavy atom. The molecule has 0 aliphatic heterocycles. The van der Waals surface area contributed by atoms with Crippen LogP contribution in [0.1, 0.15) is 27.7 Å². The lowest BCUT2D eigenvalue weighted by molar-refractivity contribution is 0.0933. The molecule has 0 saturated carbocycles. The number of carbonyl (C=O) groups is 1. The number of hydrogen-bond donors (Lipinski definition) is 1. The van der Waals surface area contributed by atoms with E-state index in [0.29, 0.717) is 12.2 Å². The molecule has 0 aliphatic carbocycles. The Hall–Kier alpha value is -2.14. The van der Waals surface area contributed by atoms with Crippen LogP contribution in [0.4, 0.5) is 0 Å². The first-order valence-electron chi connectivity index (χ1n) is 6.96. The zero-order chi connectivity index (χ0) is 15.4. The van der Waals surface area contributed by atoms with Crippen molar-refractivity contribution in [1.29, 1.82) is 0 Å². The monoisotopic (exact) mass is 286 g/mol. The third kappa shape index (κ3) is 3.70. The molecule has 112 valence electrons. The van der Waals surface area contributed by atoms with Crippen molar-refractivity contribution in [3.63, 3.8) is 0 Å². The highest BCUT2D eigenvalue weighted by Gasteiger charge is 2.16. The third-order valence-corrected chi connectivity index (χ3v) is 3.59. The van der Waals surface area contributed by atoms with E-state index in [4.69, 9.17) is 0 Å². The number of carbonyl (C=O) groups excluding carboxylic acids is 1. The summed E-state index contributed by atoms with van der Waals surface area (Å²) in [5.74, 6) is -0.103. The van der Waals surface area contributed by atoms with E-state index in [9.17, 15) is 4.79 Å². The highest BCUT2D eigenvalue weighted by atomic mass is 16.1. The highest BCUT2D eigenvalue weighted by molar-refractivity contribution is 5.92. The van der Waals surface area contributed by atoms with Crippen molar-refractivity contribution in [2.45, 2.75) is 13.0 Å². The summed E-state index contributed by atoms with van der Waals surface area (Å²) >= 11 is 0. The SMILES string of the molecule is Cc1ccc(C(CNC(=O)c2cncn2C)N(C)C)cc1. The third-order valence-electron chi connectivity index (χ3n) is 3.59. The molecule has 1 unspecified atom stereocenters. The number of hydrogen-bond acceptors (Lipinski definition) is 3. The first-order chi connectivity index (χ1) is 9.99. The Balaban J connectivity index is 2.06. The van der Waals surface area contributed by atoms with E-state index in [1.807, 2.05) is 21.1 Å². The van der Waals surface area contributed by atoms with Gasteiger partial charge in [0.05, 0.1) is 18.6 Å². The Kier molecular flexibility index (Phi) is 4.75. The van der Waals surface area contributed by atoms with Gasteiger partial charge in [0.25, 0.3) is 5.91 Å². The fraction of sp³-hybridized carbons (Fsp3) is 0.375. The molecule has 1 aromatic heterocycles. The lowest BCUT2D eigenvalue weighted by atomic mass is 10.0. The van der Waals surface area contributed by atoms with Gasteiger partial charge in [0, 0.05) is 13.6 Å². The quantitative estimate of drug-likeness (QED) is 0.911. The number of nitrogens with zero attached hydrogens (tertiary/aromatic N) is 3. The molecule has 1 aromatic carbocycles. The molecular weight excluding hydrogens is 264 g/mol. The standard InChI is InChI=1S/C16H22N4O/c1-12-5-7-13(8-6-12)14(19(2)3)10-18-16(21)15-9-17-11-20(15)4/h5-9,11,14H,10H2,1-4H3,(H,18,21). The van der Waals surface area contributed by atoms with Gasteiger partial charge in [0.15, 0.2) is 0 Å². The van der Waals surface area contributed by atoms with Gasteiger partial charge in [0.1, 0.15) is 5.69 Å². The number of nitrogens with one attached hydrogen (secondary N) is 1. The van der Waals surface area contributed by atoms with E-state index in [1.165, 1.54) is 11.1 Å². The zero-order valence-electron chi connectivity index (χ0n) is 13.0. The molecule has 0 saturated heterocycles. The number of likely N-dealkylation sites (N-methyl/N-ethyl adjacent to an activating group) is 1. The van der Waals surface area contributed by atoms with Crippen LogP contribution in [-0.4, -0.2) is 41.0 Å². The van der Waals surface area contributed by atoms with Crippen LogP contribution in [0.25, 0.3) is 0 Å². The topological polar surface area (TPSA) is 50.2 Å². The molecule has 0 fully saturated rings. The molecule has 1 atom stereocenters. The van der Waals surface area contributed by atoms with Crippen molar-refractivity contribution < 1.29 is 4.79 Å². The van der Waals surface area contributed by atoms with Crippen LogP contribution >= 0.6 is 0 Å². The molecule has 21 heavy (non-hydrogen) atoms. The van der Waals surface area contributed by atoms with Gasteiger partial charge in [-0.05, 0) is 26.6 Å². The average molecular weight is 286 g/mol. The maximum atomic E-state index is 12.1. The van der Waals surface area contributed by atoms with Crippen molar-refractivity contribution in [2.75, 3.05) is 20.6 Å². The summed E-state index contributed by atoms with van der Waals surface area (Å²) in [5, 5.41) is 2.98. The van der Waals surface area contributed by atoms with Crippen molar-refractivity contribution in [2.24, 2.45) is 7.05 Å². The summed E-state index contributed by atoms with van der Waals surface area (Å²) in [7, 11) is 5.84. The maximum absolute atomic E-state index is 12.1. The van der Waals surface area contributed by atoms with E-state index in [1.54, 1.807) is 17.1 Å². The predicted octanol–water partition coefficient (Wildman–Crippen LogP) is 1.76. The lowest BCUT2D eigenvalue weighted by Gasteiger charge is -2.25. The van der Waals surface area contributed by atoms with Gasteiger partial charge in [-0.25, -0.2) is 4.98 Å². The summed E-state index contributed by atoms with van der Waals surface area (Å²) in [6.07, 6.45) is 3.20. The minimum absolute atomic E-state index is 0.103. The van der Waals surface area contributed by atoms with Crippen LogP contribution in [0.3, 0.4) is 0 Å². The maximum Gasteiger partial charge on any atom is 0.269 e. The second-order valence-electron chi connectivity index (χ2n) is 5.49. The van der Waals surface area contributed by atoms with Crippen LogP contribution in [0.5, 0.6) is 0 Å². The molecule has 0 spiro atoms. The van der Waals surface area contributed by atoms with Gasteiger partial charge in [-0.1, -0.05) is 29.8 Å². The first kappa shape index (κ1) is 15.3. The van der Waals surface area contributed by atoms with Gasteiger partial charge in [-0.2, -0.15) is 0 Å². The highest BCUT2D eigenvalue weighted by Crippen LogP contribution is 2.18. The van der Waals surface area contributed by atoms with E-state index >= 15 is 0 Å². The second-order valence-corrected chi connectivity index (χ2v) is 5.49. The predicted molar refractivity (Wildman–Crippen MR) is 83.1 cm³/mol. The van der Waals surface area contributed by atoms with Crippen molar-refractivity contribution in [3.8, 4) is 0 Å². The molecule has 5 nitrogen and oxygen atoms in total. The Morgan fingerprint density at radius 1 is 1.33 bits per heavy atom. The molecule has 0 aliphatic rings. The fourth-order valence-corrected chi connectivity index (χ4v) is 2.24. The second kappa shape index (κ2) is 6.54. The van der Waals surface area contributed by atoms with Crippen LogP contribution < -0.4 is 5.32 Å². The van der Waals surface area contributed by atoms with Crippen LogP contribution in [0.15, 0.2) is 36.8 Å². The molecule has 5 heteroatoms. The van der Waals surface area contributed by atoms with Crippen molar-refractivity contribution >= 4 is 5.91 Å². The Labute approximate surface area is 125 Å². The molecule has 0 radical (unpaired) electrons. The van der Waals surface area contributed by atoms with Crippen LogP contribution in [0, 0.1) is 6.92 Å². The number of aromatic nitrogens is 2. The summed E-state index contributed by atoms with van der Waals surface area (Å²) in [6, 6.07) is 8.54. The molecule has 1 heterocycles. The normalized spacial score (nSPS) is 12.4. The minimum Gasteiger partial charge on any atom is -0.349 e. The minimum atomic E-state index is -0.103. The van der Waals surface area contributed by atoms with Gasteiger partial charge in [0.2, 0.25) is 0 Å². The smallest absolute Gasteiger partial charge is 0.269 e. The molecular formula is C16H22N4O. The molecule has 0 bridgehead atoms. The average Bonchev–Trinajstić information content (AvgIpc) is 2.86. The van der Waals surface area contributed by atoms with E-state index in [-0.39, 0.29) is 11.9 Å². The largest absolute Gasteiger partial charge is 0.349 e. The van der Waals surface area contributed by atoms with Crippen molar-refractivity contribution in [1.82, 2.24) is 19.8 Å². The number of amides is 1. The summed E-state index contributed by atoms with van der Waals surface area (Å²) in [4.78, 5) is 18.2. The van der Waals surface area contributed by atoms with Crippen LogP contribution in [0.2, 0.25) is 0 Å². The van der Waals surface area contributed by atoms with Gasteiger partial charge >= 0.3 is 0 Å². The Bertz CT molecular complexity index is 601. The number of aryl methyl sites for hydroxylation is 2. The summed E-state index contributed by atoms with van der Waals surface area (Å²) in [5.41, 5.74) is 2.99. The van der Waals surface area contributed by atoms with E-state index in [0.717, 1.165) is 0 Å². The Morgan fingerprint density at radius 3 is 2.52 bits per heavy atom. The van der Waals surface area contributed by atoms with Crippen molar-refractivity contribution in [3.05, 3.63) is 53.6 Å². The first-order valence-corrected chi connectivity index (χ1v) is 6.96. The summed E-state index contributed by atoms with van der Waals surface area (Å²) in [6.45, 7) is 2.62. The molecule has 2 rings (SSSR count). The molecule has 1 amide bonds. The number of rotatable bonds is 5. The lowest BCUT2D eigenvalue weighted by Crippen LogP contribution is -2.35. The van der Waals surface area contributed by atoms with Crippen LogP contribution in [-0.2, 0) is 7.05 Å². The van der Waals surface area contributed by atoms with Gasteiger partial charge < -0.3 is 14.8 Å². The molecule has 2 aromatic rings. The molecule has 1 N–H and O–H groups in total.